The summed E-state index contributed by atoms with van der Waals surface area (Å²) in [6.07, 6.45) is 4.47. The average Bonchev–Trinajstić information content (AvgIpc) is 3.57. The van der Waals surface area contributed by atoms with Crippen molar-refractivity contribution in [3.63, 3.8) is 0 Å². The number of halogens is 1. The molecule has 176 valence electrons. The summed E-state index contributed by atoms with van der Waals surface area (Å²) in [5.74, 6) is 2.49. The van der Waals surface area contributed by atoms with Crippen LogP contribution in [0.15, 0.2) is 46.2 Å². The van der Waals surface area contributed by atoms with Crippen molar-refractivity contribution >= 4 is 29.9 Å². The average molecular weight is 553 g/mol. The first-order valence-corrected chi connectivity index (χ1v) is 11.5. The Morgan fingerprint density at radius 1 is 1.16 bits per heavy atom. The van der Waals surface area contributed by atoms with E-state index in [1.54, 1.807) is 6.07 Å². The van der Waals surface area contributed by atoms with Crippen LogP contribution in [-0.2, 0) is 13.1 Å². The van der Waals surface area contributed by atoms with E-state index in [1.807, 2.05) is 23.6 Å². The van der Waals surface area contributed by atoms with Gasteiger partial charge in [-0.15, -0.1) is 24.0 Å². The highest BCUT2D eigenvalue weighted by Gasteiger charge is 2.22. The van der Waals surface area contributed by atoms with Crippen molar-refractivity contribution in [2.75, 3.05) is 19.7 Å². The zero-order valence-corrected chi connectivity index (χ0v) is 21.9. The Labute approximate surface area is 208 Å². The van der Waals surface area contributed by atoms with E-state index in [1.165, 1.54) is 18.4 Å². The molecule has 1 saturated carbocycles. The monoisotopic (exact) mass is 552 g/mol. The topological polar surface area (TPSA) is 67.7 Å². The van der Waals surface area contributed by atoms with Gasteiger partial charge in [0.1, 0.15) is 5.75 Å². The number of aromatic nitrogens is 1. The summed E-state index contributed by atoms with van der Waals surface area (Å²) in [5, 5.41) is 6.72. The van der Waals surface area contributed by atoms with E-state index < -0.39 is 0 Å². The Morgan fingerprint density at radius 3 is 2.69 bits per heavy atom. The van der Waals surface area contributed by atoms with Gasteiger partial charge in [0.05, 0.1) is 13.2 Å². The first-order chi connectivity index (χ1) is 15.1. The Bertz CT molecular complexity index is 938. The summed E-state index contributed by atoms with van der Waals surface area (Å²) in [7, 11) is 0. The summed E-state index contributed by atoms with van der Waals surface area (Å²) in [4.78, 5) is 16.7. The minimum absolute atomic E-state index is 0. The molecule has 0 amide bonds. The first kappa shape index (κ1) is 26.2. The van der Waals surface area contributed by atoms with Crippen LogP contribution in [0.1, 0.15) is 49.4 Å². The molecule has 2 aromatic rings. The van der Waals surface area contributed by atoms with Crippen LogP contribution in [-0.4, -0.2) is 30.2 Å². The van der Waals surface area contributed by atoms with Crippen molar-refractivity contribution < 1.29 is 4.74 Å². The molecule has 32 heavy (non-hydrogen) atoms. The fourth-order valence-electron chi connectivity index (χ4n) is 3.44. The predicted molar refractivity (Wildman–Crippen MR) is 142 cm³/mol. The van der Waals surface area contributed by atoms with Crippen LogP contribution in [0.4, 0.5) is 0 Å². The summed E-state index contributed by atoms with van der Waals surface area (Å²) < 4.78 is 7.90. The smallest absolute Gasteiger partial charge is 0.250 e. The van der Waals surface area contributed by atoms with Gasteiger partial charge in [-0.25, -0.2) is 4.99 Å². The molecule has 6 nitrogen and oxygen atoms in total. The number of benzene rings is 1. The van der Waals surface area contributed by atoms with Crippen molar-refractivity contribution in [3.8, 4) is 5.75 Å². The number of aliphatic imine (C=N–C) groups is 1. The molecule has 1 heterocycles. The molecular formula is C25H37IN4O2. The SMILES string of the molecule is CCNC(=NCc1ccc(C)cc1OCC1CC1)NCCCCn1c(C)cccc1=O.I. The minimum Gasteiger partial charge on any atom is -0.493 e. The van der Waals surface area contributed by atoms with Gasteiger partial charge in [0.2, 0.25) is 0 Å². The normalized spacial score (nSPS) is 13.4. The number of pyridine rings is 1. The highest BCUT2D eigenvalue weighted by Crippen LogP contribution is 2.30. The van der Waals surface area contributed by atoms with E-state index in [9.17, 15) is 4.79 Å². The molecule has 0 bridgehead atoms. The first-order valence-electron chi connectivity index (χ1n) is 11.5. The van der Waals surface area contributed by atoms with Crippen LogP contribution >= 0.6 is 24.0 Å². The van der Waals surface area contributed by atoms with Crippen molar-refractivity contribution in [1.29, 1.82) is 0 Å². The van der Waals surface area contributed by atoms with Gasteiger partial charge in [-0.05, 0) is 70.1 Å². The summed E-state index contributed by atoms with van der Waals surface area (Å²) in [6, 6.07) is 11.7. The highest BCUT2D eigenvalue weighted by atomic mass is 127. The maximum Gasteiger partial charge on any atom is 0.250 e. The quantitative estimate of drug-likeness (QED) is 0.188. The van der Waals surface area contributed by atoms with E-state index in [2.05, 4.69) is 42.7 Å². The number of hydrogen-bond acceptors (Lipinski definition) is 3. The second-order valence-corrected chi connectivity index (χ2v) is 8.35. The Balaban J connectivity index is 0.00000363. The van der Waals surface area contributed by atoms with Crippen LogP contribution in [0.2, 0.25) is 0 Å². The molecule has 1 aliphatic rings. The third-order valence-electron chi connectivity index (χ3n) is 5.51. The fraction of sp³-hybridized carbons (Fsp3) is 0.520. The lowest BCUT2D eigenvalue weighted by atomic mass is 10.1. The molecule has 0 atom stereocenters. The second kappa shape index (κ2) is 13.5. The van der Waals surface area contributed by atoms with Crippen LogP contribution in [0.5, 0.6) is 5.75 Å². The van der Waals surface area contributed by atoms with Gasteiger partial charge >= 0.3 is 0 Å². The number of unbranched alkanes of at least 4 members (excludes halogenated alkanes) is 1. The predicted octanol–water partition coefficient (Wildman–Crippen LogP) is 4.41. The zero-order valence-electron chi connectivity index (χ0n) is 19.5. The van der Waals surface area contributed by atoms with Crippen molar-refractivity contribution in [3.05, 3.63) is 63.6 Å². The van der Waals surface area contributed by atoms with Gasteiger partial charge in [-0.3, -0.25) is 4.79 Å². The Kier molecular flexibility index (Phi) is 11.1. The minimum atomic E-state index is 0. The summed E-state index contributed by atoms with van der Waals surface area (Å²) in [6.45, 7) is 9.88. The van der Waals surface area contributed by atoms with Crippen LogP contribution in [0.25, 0.3) is 0 Å². The third kappa shape index (κ3) is 8.48. The lowest BCUT2D eigenvalue weighted by Crippen LogP contribution is -2.37. The molecule has 1 fully saturated rings. The van der Waals surface area contributed by atoms with Gasteiger partial charge in [0.15, 0.2) is 5.96 Å². The van der Waals surface area contributed by atoms with E-state index in [0.29, 0.717) is 6.54 Å². The van der Waals surface area contributed by atoms with Gasteiger partial charge in [0.25, 0.3) is 5.56 Å². The van der Waals surface area contributed by atoms with Crippen molar-refractivity contribution in [1.82, 2.24) is 15.2 Å². The number of hydrogen-bond donors (Lipinski definition) is 2. The molecule has 0 saturated heterocycles. The maximum atomic E-state index is 12.0. The number of ether oxygens (including phenoxy) is 1. The molecule has 0 aliphatic heterocycles. The van der Waals surface area contributed by atoms with E-state index >= 15 is 0 Å². The lowest BCUT2D eigenvalue weighted by molar-refractivity contribution is 0.296. The number of nitrogens with one attached hydrogen (secondary N) is 2. The lowest BCUT2D eigenvalue weighted by Gasteiger charge is -2.14. The van der Waals surface area contributed by atoms with Gasteiger partial charge < -0.3 is 19.9 Å². The standard InChI is InChI=1S/C25H36N4O2.HI/c1-4-26-25(27-14-5-6-15-29-20(3)8-7-9-24(29)30)28-17-22-13-10-19(2)16-23(22)31-18-21-11-12-21;/h7-10,13,16,21H,4-6,11-12,14-15,17-18H2,1-3H3,(H2,26,27,28);1H. The van der Waals surface area contributed by atoms with Crippen molar-refractivity contribution in [2.24, 2.45) is 10.9 Å². The highest BCUT2D eigenvalue weighted by molar-refractivity contribution is 14.0. The zero-order chi connectivity index (χ0) is 22.1. The molecule has 1 aliphatic carbocycles. The van der Waals surface area contributed by atoms with Crippen LogP contribution < -0.4 is 20.9 Å². The molecule has 0 unspecified atom stereocenters. The van der Waals surface area contributed by atoms with Gasteiger partial charge in [0, 0.05) is 37.0 Å². The number of aryl methyl sites for hydroxylation is 2. The number of nitrogens with zero attached hydrogens (tertiary/aromatic N) is 2. The van der Waals surface area contributed by atoms with Crippen LogP contribution in [0, 0.1) is 19.8 Å². The molecule has 0 radical (unpaired) electrons. The van der Waals surface area contributed by atoms with E-state index in [4.69, 9.17) is 9.73 Å². The molecule has 1 aromatic carbocycles. The summed E-state index contributed by atoms with van der Waals surface area (Å²) in [5.41, 5.74) is 3.40. The van der Waals surface area contributed by atoms with E-state index in [-0.39, 0.29) is 29.5 Å². The van der Waals surface area contributed by atoms with Gasteiger partial charge in [-0.2, -0.15) is 0 Å². The third-order valence-corrected chi connectivity index (χ3v) is 5.51. The van der Waals surface area contributed by atoms with Gasteiger partial charge in [-0.1, -0.05) is 18.2 Å². The Morgan fingerprint density at radius 2 is 1.97 bits per heavy atom. The molecule has 2 N–H and O–H groups in total. The molecule has 0 spiro atoms. The largest absolute Gasteiger partial charge is 0.493 e. The molecular weight excluding hydrogens is 515 g/mol. The van der Waals surface area contributed by atoms with Crippen LogP contribution in [0.3, 0.4) is 0 Å². The number of guanidine groups is 1. The van der Waals surface area contributed by atoms with Crippen molar-refractivity contribution in [2.45, 2.75) is 59.5 Å². The second-order valence-electron chi connectivity index (χ2n) is 8.35. The fourth-order valence-corrected chi connectivity index (χ4v) is 3.44. The maximum absolute atomic E-state index is 12.0. The Hall–Kier alpha value is -2.03. The molecule has 3 rings (SSSR count). The molecule has 7 heteroatoms. The summed E-state index contributed by atoms with van der Waals surface area (Å²) >= 11 is 0. The van der Waals surface area contributed by atoms with E-state index in [0.717, 1.165) is 68.0 Å². The molecule has 1 aromatic heterocycles. The number of rotatable bonds is 11.